The van der Waals surface area contributed by atoms with Gasteiger partial charge < -0.3 is 15.0 Å². The number of morpholine rings is 1. The molecule has 1 saturated carbocycles. The van der Waals surface area contributed by atoms with E-state index < -0.39 is 0 Å². The van der Waals surface area contributed by atoms with Crippen LogP contribution in [0, 0.1) is 24.7 Å². The topological polar surface area (TPSA) is 58.6 Å². The van der Waals surface area contributed by atoms with Crippen LogP contribution in [0.3, 0.4) is 0 Å². The standard InChI is InChI=1S/C20H24N2O3/c1-13-16(20(24)22-7-9-25-10-8-22)3-2-4-18(13)21-19(23)17-12-14-5-6-15(17)11-14/h2-6,14-15,17H,7-12H2,1H3,(H,21,23)/t14-,15-,17-/m0/s1. The van der Waals surface area contributed by atoms with Crippen LogP contribution in [0.1, 0.15) is 28.8 Å². The number of carbonyl (C=O) groups is 2. The highest BCUT2D eigenvalue weighted by molar-refractivity contribution is 6.00. The maximum absolute atomic E-state index is 12.8. The van der Waals surface area contributed by atoms with Crippen LogP contribution < -0.4 is 5.32 Å². The highest BCUT2D eigenvalue weighted by Crippen LogP contribution is 2.43. The van der Waals surface area contributed by atoms with Crippen LogP contribution in [0.25, 0.3) is 0 Å². The van der Waals surface area contributed by atoms with Crippen LogP contribution in [-0.2, 0) is 9.53 Å². The molecule has 25 heavy (non-hydrogen) atoms. The molecule has 0 spiro atoms. The smallest absolute Gasteiger partial charge is 0.254 e. The van der Waals surface area contributed by atoms with Crippen molar-refractivity contribution >= 4 is 17.5 Å². The van der Waals surface area contributed by atoms with Crippen molar-refractivity contribution in [2.45, 2.75) is 19.8 Å². The van der Waals surface area contributed by atoms with Gasteiger partial charge >= 0.3 is 0 Å². The molecule has 5 nitrogen and oxygen atoms in total. The molecule has 1 heterocycles. The Labute approximate surface area is 148 Å². The fourth-order valence-corrected chi connectivity index (χ4v) is 4.25. The summed E-state index contributed by atoms with van der Waals surface area (Å²) >= 11 is 0. The maximum atomic E-state index is 12.8. The van der Waals surface area contributed by atoms with Gasteiger partial charge in [0, 0.05) is 30.3 Å². The van der Waals surface area contributed by atoms with E-state index in [2.05, 4.69) is 17.5 Å². The van der Waals surface area contributed by atoms with Gasteiger partial charge in [0.05, 0.1) is 13.2 Å². The Bertz CT molecular complexity index is 722. The van der Waals surface area contributed by atoms with E-state index in [1.54, 1.807) is 0 Å². The molecule has 132 valence electrons. The molecule has 0 radical (unpaired) electrons. The predicted molar refractivity (Wildman–Crippen MR) is 95.4 cm³/mol. The van der Waals surface area contributed by atoms with Crippen molar-refractivity contribution in [1.82, 2.24) is 4.90 Å². The second-order valence-electron chi connectivity index (χ2n) is 7.26. The molecule has 1 N–H and O–H groups in total. The third-order valence-corrected chi connectivity index (χ3v) is 5.74. The average molecular weight is 340 g/mol. The number of carbonyl (C=O) groups excluding carboxylic acids is 2. The lowest BCUT2D eigenvalue weighted by Gasteiger charge is -2.27. The Morgan fingerprint density at radius 2 is 1.96 bits per heavy atom. The highest BCUT2D eigenvalue weighted by atomic mass is 16.5. The first kappa shape index (κ1) is 16.3. The van der Waals surface area contributed by atoms with E-state index >= 15 is 0 Å². The Kier molecular flexibility index (Phi) is 4.34. The monoisotopic (exact) mass is 340 g/mol. The van der Waals surface area contributed by atoms with E-state index in [1.807, 2.05) is 30.0 Å². The minimum atomic E-state index is 0.0137. The summed E-state index contributed by atoms with van der Waals surface area (Å²) in [6, 6.07) is 5.56. The van der Waals surface area contributed by atoms with Crippen molar-refractivity contribution in [2.75, 3.05) is 31.6 Å². The summed E-state index contributed by atoms with van der Waals surface area (Å²) in [4.78, 5) is 27.3. The largest absolute Gasteiger partial charge is 0.378 e. The quantitative estimate of drug-likeness (QED) is 0.861. The number of rotatable bonds is 3. The van der Waals surface area contributed by atoms with Crippen LogP contribution in [-0.4, -0.2) is 43.0 Å². The second-order valence-corrected chi connectivity index (χ2v) is 7.26. The van der Waals surface area contributed by atoms with Gasteiger partial charge in [-0.1, -0.05) is 18.2 Å². The molecule has 2 fully saturated rings. The molecule has 2 amide bonds. The molecule has 0 aromatic heterocycles. The second kappa shape index (κ2) is 6.64. The number of hydrogen-bond donors (Lipinski definition) is 1. The third-order valence-electron chi connectivity index (χ3n) is 5.74. The number of hydrogen-bond acceptors (Lipinski definition) is 3. The summed E-state index contributed by atoms with van der Waals surface area (Å²) in [5.74, 6) is 1.10. The Morgan fingerprint density at radius 1 is 1.16 bits per heavy atom. The van der Waals surface area contributed by atoms with Crippen molar-refractivity contribution < 1.29 is 14.3 Å². The number of ether oxygens (including phenoxy) is 1. The lowest BCUT2D eigenvalue weighted by Crippen LogP contribution is -2.41. The number of benzene rings is 1. The first-order valence-electron chi connectivity index (χ1n) is 9.09. The molecule has 2 bridgehead atoms. The molecule has 1 aromatic rings. The lowest BCUT2D eigenvalue weighted by molar-refractivity contribution is -0.120. The zero-order valence-electron chi connectivity index (χ0n) is 14.5. The summed E-state index contributed by atoms with van der Waals surface area (Å²) in [6.07, 6.45) is 6.47. The number of amides is 2. The summed E-state index contributed by atoms with van der Waals surface area (Å²) < 4.78 is 5.32. The number of nitrogens with zero attached hydrogens (tertiary/aromatic N) is 1. The van der Waals surface area contributed by atoms with Gasteiger partial charge in [0.2, 0.25) is 5.91 Å². The molecular weight excluding hydrogens is 316 g/mol. The van der Waals surface area contributed by atoms with Crippen LogP contribution in [0.2, 0.25) is 0 Å². The van der Waals surface area contributed by atoms with Crippen LogP contribution >= 0.6 is 0 Å². The number of fused-ring (bicyclic) bond motifs is 2. The molecule has 2 aliphatic carbocycles. The van der Waals surface area contributed by atoms with Gasteiger partial charge in [0.25, 0.3) is 5.91 Å². The van der Waals surface area contributed by atoms with Crippen molar-refractivity contribution in [3.63, 3.8) is 0 Å². The molecular formula is C20H24N2O3. The van der Waals surface area contributed by atoms with Crippen LogP contribution in [0.15, 0.2) is 30.4 Å². The van der Waals surface area contributed by atoms with Gasteiger partial charge in [-0.15, -0.1) is 0 Å². The lowest BCUT2D eigenvalue weighted by atomic mass is 9.92. The Morgan fingerprint density at radius 3 is 2.64 bits per heavy atom. The Hall–Kier alpha value is -2.14. The molecule has 1 aliphatic heterocycles. The minimum absolute atomic E-state index is 0.0137. The van der Waals surface area contributed by atoms with E-state index in [0.29, 0.717) is 43.7 Å². The minimum Gasteiger partial charge on any atom is -0.378 e. The van der Waals surface area contributed by atoms with Gasteiger partial charge in [-0.25, -0.2) is 0 Å². The summed E-state index contributed by atoms with van der Waals surface area (Å²) in [5.41, 5.74) is 2.24. The summed E-state index contributed by atoms with van der Waals surface area (Å²) in [7, 11) is 0. The zero-order valence-corrected chi connectivity index (χ0v) is 14.5. The zero-order chi connectivity index (χ0) is 17.4. The average Bonchev–Trinajstić information content (AvgIpc) is 3.27. The fourth-order valence-electron chi connectivity index (χ4n) is 4.25. The summed E-state index contributed by atoms with van der Waals surface area (Å²) in [6.45, 7) is 4.31. The maximum Gasteiger partial charge on any atom is 0.254 e. The molecule has 0 unspecified atom stereocenters. The number of anilines is 1. The van der Waals surface area contributed by atoms with Gasteiger partial charge in [-0.2, -0.15) is 0 Å². The molecule has 5 heteroatoms. The predicted octanol–water partition coefficient (Wildman–Crippen LogP) is 2.62. The van der Waals surface area contributed by atoms with Crippen LogP contribution in [0.4, 0.5) is 5.69 Å². The van der Waals surface area contributed by atoms with Crippen molar-refractivity contribution in [3.8, 4) is 0 Å². The first-order chi connectivity index (χ1) is 12.1. The Balaban J connectivity index is 1.50. The van der Waals surface area contributed by atoms with E-state index in [-0.39, 0.29) is 17.7 Å². The van der Waals surface area contributed by atoms with Crippen molar-refractivity contribution in [2.24, 2.45) is 17.8 Å². The van der Waals surface area contributed by atoms with E-state index in [0.717, 1.165) is 24.1 Å². The van der Waals surface area contributed by atoms with Gasteiger partial charge in [-0.3, -0.25) is 9.59 Å². The molecule has 1 aromatic carbocycles. The number of allylic oxidation sites excluding steroid dienone is 2. The van der Waals surface area contributed by atoms with Gasteiger partial charge in [-0.05, 0) is 49.3 Å². The molecule has 3 aliphatic rings. The normalized spacial score (nSPS) is 27.6. The molecule has 1 saturated heterocycles. The summed E-state index contributed by atoms with van der Waals surface area (Å²) in [5, 5.41) is 3.07. The fraction of sp³-hybridized carbons (Fsp3) is 0.500. The van der Waals surface area contributed by atoms with E-state index in [4.69, 9.17) is 4.74 Å². The SMILES string of the molecule is Cc1c(NC(=O)[C@H]2C[C@H]3C=C[C@H]2C3)cccc1C(=O)N1CCOCC1. The first-order valence-corrected chi connectivity index (χ1v) is 9.09. The van der Waals surface area contributed by atoms with E-state index in [1.165, 1.54) is 0 Å². The third kappa shape index (κ3) is 3.09. The van der Waals surface area contributed by atoms with Crippen molar-refractivity contribution in [1.29, 1.82) is 0 Å². The number of nitrogens with one attached hydrogen (secondary N) is 1. The molecule has 4 rings (SSSR count). The van der Waals surface area contributed by atoms with Crippen molar-refractivity contribution in [3.05, 3.63) is 41.5 Å². The highest BCUT2D eigenvalue weighted by Gasteiger charge is 2.39. The van der Waals surface area contributed by atoms with Crippen LogP contribution in [0.5, 0.6) is 0 Å². The molecule has 3 atom stereocenters. The van der Waals surface area contributed by atoms with Gasteiger partial charge in [0.15, 0.2) is 0 Å². The van der Waals surface area contributed by atoms with Gasteiger partial charge in [0.1, 0.15) is 0 Å². The van der Waals surface area contributed by atoms with E-state index in [9.17, 15) is 9.59 Å².